The van der Waals surface area contributed by atoms with E-state index in [2.05, 4.69) is 24.1 Å². The molecule has 0 spiro atoms. The van der Waals surface area contributed by atoms with Gasteiger partial charge >= 0.3 is 0 Å². The van der Waals surface area contributed by atoms with Crippen LogP contribution in [-0.2, 0) is 4.79 Å². The Hall–Kier alpha value is -0.570. The van der Waals surface area contributed by atoms with E-state index in [1.807, 2.05) is 0 Å². The number of likely N-dealkylation sites (N-methyl/N-ethyl adjacent to an activating group) is 1. The minimum atomic E-state index is 0.0889. The quantitative estimate of drug-likeness (QED) is 0.814. The van der Waals surface area contributed by atoms with Crippen molar-refractivity contribution in [3.8, 4) is 0 Å². The van der Waals surface area contributed by atoms with Crippen molar-refractivity contribution in [3.63, 3.8) is 0 Å². The zero-order valence-electron chi connectivity index (χ0n) is 11.2. The second-order valence-electron chi connectivity index (χ2n) is 5.57. The van der Waals surface area contributed by atoms with Gasteiger partial charge in [0.25, 0.3) is 0 Å². The van der Waals surface area contributed by atoms with Gasteiger partial charge in [-0.05, 0) is 38.6 Å². The fourth-order valence-corrected chi connectivity index (χ4v) is 3.41. The topological polar surface area (TPSA) is 32.3 Å². The van der Waals surface area contributed by atoms with E-state index in [0.29, 0.717) is 11.9 Å². The third kappa shape index (κ3) is 2.82. The lowest BCUT2D eigenvalue weighted by molar-refractivity contribution is -0.132. The lowest BCUT2D eigenvalue weighted by Crippen LogP contribution is -2.44. The molecule has 1 N–H and O–H groups in total. The molecule has 3 nitrogen and oxygen atoms in total. The van der Waals surface area contributed by atoms with Gasteiger partial charge in [-0.1, -0.05) is 26.2 Å². The van der Waals surface area contributed by atoms with Crippen molar-refractivity contribution < 1.29 is 4.79 Å². The van der Waals surface area contributed by atoms with Crippen LogP contribution in [0.25, 0.3) is 0 Å². The van der Waals surface area contributed by atoms with Gasteiger partial charge in [-0.15, -0.1) is 0 Å². The van der Waals surface area contributed by atoms with Crippen molar-refractivity contribution in [1.29, 1.82) is 0 Å². The van der Waals surface area contributed by atoms with Crippen LogP contribution < -0.4 is 5.32 Å². The van der Waals surface area contributed by atoms with E-state index in [1.54, 1.807) is 0 Å². The number of hydrogen-bond acceptors (Lipinski definition) is 2. The number of likely N-dealkylation sites (tertiary alicyclic amines) is 1. The van der Waals surface area contributed by atoms with E-state index < -0.39 is 0 Å². The molecule has 2 fully saturated rings. The zero-order valence-corrected chi connectivity index (χ0v) is 11.2. The Morgan fingerprint density at radius 1 is 1.29 bits per heavy atom. The molecule has 2 unspecified atom stereocenters. The van der Waals surface area contributed by atoms with Crippen molar-refractivity contribution in [2.24, 2.45) is 5.92 Å². The van der Waals surface area contributed by atoms with Gasteiger partial charge in [0.2, 0.25) is 5.91 Å². The lowest BCUT2D eigenvalue weighted by Gasteiger charge is -2.34. The minimum Gasteiger partial charge on any atom is -0.338 e. The first kappa shape index (κ1) is 12.9. The van der Waals surface area contributed by atoms with Crippen LogP contribution >= 0.6 is 0 Å². The summed E-state index contributed by atoms with van der Waals surface area (Å²) in [5, 5.41) is 3.29. The molecule has 98 valence electrons. The Balaban J connectivity index is 1.91. The number of carbonyl (C=O) groups excluding carboxylic acids is 1. The summed E-state index contributed by atoms with van der Waals surface area (Å²) < 4.78 is 0. The highest BCUT2D eigenvalue weighted by Gasteiger charge is 2.36. The summed E-state index contributed by atoms with van der Waals surface area (Å²) in [6, 6.07) is 0.539. The summed E-state index contributed by atoms with van der Waals surface area (Å²) in [4.78, 5) is 14.4. The standard InChI is InChI=1S/C14H26N2O/c1-3-15-13-9-10-16(14(13)17)11(2)12-7-5-4-6-8-12/h11-13,15H,3-10H2,1-2H3. The summed E-state index contributed by atoms with van der Waals surface area (Å²) in [7, 11) is 0. The Morgan fingerprint density at radius 2 is 2.00 bits per heavy atom. The third-order valence-corrected chi connectivity index (χ3v) is 4.51. The molecule has 0 aromatic carbocycles. The molecule has 1 aliphatic carbocycles. The second kappa shape index (κ2) is 5.85. The zero-order chi connectivity index (χ0) is 12.3. The molecule has 1 amide bonds. The van der Waals surface area contributed by atoms with Crippen LogP contribution in [0.5, 0.6) is 0 Å². The average Bonchev–Trinajstić information content (AvgIpc) is 2.72. The number of hydrogen-bond donors (Lipinski definition) is 1. The maximum absolute atomic E-state index is 12.2. The summed E-state index contributed by atoms with van der Waals surface area (Å²) in [5.41, 5.74) is 0. The molecule has 3 heteroatoms. The molecule has 17 heavy (non-hydrogen) atoms. The molecule has 0 aromatic rings. The molecule has 1 heterocycles. The number of nitrogens with zero attached hydrogens (tertiary/aromatic N) is 1. The van der Waals surface area contributed by atoms with E-state index in [-0.39, 0.29) is 6.04 Å². The maximum atomic E-state index is 12.2. The number of carbonyl (C=O) groups is 1. The molecule has 1 saturated carbocycles. The van der Waals surface area contributed by atoms with Crippen LogP contribution in [0, 0.1) is 5.92 Å². The van der Waals surface area contributed by atoms with Crippen LogP contribution in [0.1, 0.15) is 52.4 Å². The minimum absolute atomic E-state index is 0.0889. The molecule has 1 aliphatic heterocycles. The Morgan fingerprint density at radius 3 is 2.65 bits per heavy atom. The first-order valence-corrected chi connectivity index (χ1v) is 7.28. The van der Waals surface area contributed by atoms with Gasteiger partial charge in [-0.2, -0.15) is 0 Å². The molecule has 0 bridgehead atoms. The maximum Gasteiger partial charge on any atom is 0.240 e. The molecule has 2 atom stereocenters. The van der Waals surface area contributed by atoms with Crippen LogP contribution in [0.4, 0.5) is 0 Å². The van der Waals surface area contributed by atoms with Gasteiger partial charge < -0.3 is 10.2 Å². The van der Waals surface area contributed by atoms with Crippen LogP contribution in [0.3, 0.4) is 0 Å². The van der Waals surface area contributed by atoms with Gasteiger partial charge in [0.05, 0.1) is 6.04 Å². The molecule has 0 radical (unpaired) electrons. The Labute approximate surface area is 105 Å². The fourth-order valence-electron chi connectivity index (χ4n) is 3.41. The summed E-state index contributed by atoms with van der Waals surface area (Å²) in [5.74, 6) is 1.08. The average molecular weight is 238 g/mol. The van der Waals surface area contributed by atoms with E-state index >= 15 is 0 Å². The molecular formula is C14H26N2O. The SMILES string of the molecule is CCNC1CCN(C(C)C2CCCCC2)C1=O. The van der Waals surface area contributed by atoms with Crippen LogP contribution in [-0.4, -0.2) is 36.0 Å². The number of nitrogens with one attached hydrogen (secondary N) is 1. The van der Waals surface area contributed by atoms with Gasteiger partial charge in [0.1, 0.15) is 0 Å². The predicted molar refractivity (Wildman–Crippen MR) is 69.8 cm³/mol. The van der Waals surface area contributed by atoms with Gasteiger partial charge in [-0.3, -0.25) is 4.79 Å². The Kier molecular flexibility index (Phi) is 4.43. The highest BCUT2D eigenvalue weighted by molar-refractivity contribution is 5.84. The van der Waals surface area contributed by atoms with Crippen molar-refractivity contribution in [2.75, 3.05) is 13.1 Å². The summed E-state index contributed by atoms with van der Waals surface area (Å²) in [6.07, 6.45) is 7.72. The number of amides is 1. The Bertz CT molecular complexity index is 261. The first-order chi connectivity index (χ1) is 8.24. The largest absolute Gasteiger partial charge is 0.338 e. The molecule has 2 rings (SSSR count). The van der Waals surface area contributed by atoms with Gasteiger partial charge in [-0.25, -0.2) is 0 Å². The summed E-state index contributed by atoms with van der Waals surface area (Å²) >= 11 is 0. The molecule has 0 aromatic heterocycles. The molecule has 1 saturated heterocycles. The van der Waals surface area contributed by atoms with E-state index in [1.165, 1.54) is 32.1 Å². The monoisotopic (exact) mass is 238 g/mol. The van der Waals surface area contributed by atoms with E-state index in [4.69, 9.17) is 0 Å². The predicted octanol–water partition coefficient (Wildman–Crippen LogP) is 2.17. The lowest BCUT2D eigenvalue weighted by atomic mass is 9.84. The fraction of sp³-hybridized carbons (Fsp3) is 0.929. The van der Waals surface area contributed by atoms with Crippen LogP contribution in [0.2, 0.25) is 0 Å². The second-order valence-corrected chi connectivity index (χ2v) is 5.57. The van der Waals surface area contributed by atoms with Gasteiger partial charge in [0, 0.05) is 12.6 Å². The van der Waals surface area contributed by atoms with Gasteiger partial charge in [0.15, 0.2) is 0 Å². The van der Waals surface area contributed by atoms with Crippen molar-refractivity contribution in [1.82, 2.24) is 10.2 Å². The highest BCUT2D eigenvalue weighted by atomic mass is 16.2. The van der Waals surface area contributed by atoms with E-state index in [9.17, 15) is 4.79 Å². The smallest absolute Gasteiger partial charge is 0.240 e. The summed E-state index contributed by atoms with van der Waals surface area (Å²) in [6.45, 7) is 6.17. The molecule has 2 aliphatic rings. The number of rotatable bonds is 4. The van der Waals surface area contributed by atoms with Crippen molar-refractivity contribution in [3.05, 3.63) is 0 Å². The molecular weight excluding hydrogens is 212 g/mol. The highest BCUT2D eigenvalue weighted by Crippen LogP contribution is 2.30. The van der Waals surface area contributed by atoms with Crippen LogP contribution in [0.15, 0.2) is 0 Å². The van der Waals surface area contributed by atoms with E-state index in [0.717, 1.165) is 25.4 Å². The third-order valence-electron chi connectivity index (χ3n) is 4.51. The first-order valence-electron chi connectivity index (χ1n) is 7.28. The normalized spacial score (nSPS) is 28.7. The van der Waals surface area contributed by atoms with Crippen molar-refractivity contribution in [2.45, 2.75) is 64.5 Å². The van der Waals surface area contributed by atoms with Crippen molar-refractivity contribution >= 4 is 5.91 Å².